The molecule has 1 aromatic carbocycles. The van der Waals surface area contributed by atoms with E-state index in [1.54, 1.807) is 0 Å². The zero-order chi connectivity index (χ0) is 16.8. The van der Waals surface area contributed by atoms with E-state index in [4.69, 9.17) is 5.73 Å². The summed E-state index contributed by atoms with van der Waals surface area (Å²) in [5.41, 5.74) is 9.77. The molecule has 5 heteroatoms. The van der Waals surface area contributed by atoms with E-state index in [-0.39, 0.29) is 5.91 Å². The molecule has 130 valence electrons. The van der Waals surface area contributed by atoms with Crippen LogP contribution in [0, 0.1) is 5.92 Å². The Bertz CT molecular complexity index is 605. The molecule has 1 aromatic rings. The maximum absolute atomic E-state index is 11.8. The fraction of sp³-hybridized carbons (Fsp3) is 0.579. The van der Waals surface area contributed by atoms with Gasteiger partial charge in [0.15, 0.2) is 5.96 Å². The summed E-state index contributed by atoms with van der Waals surface area (Å²) in [7, 11) is 0. The van der Waals surface area contributed by atoms with E-state index in [9.17, 15) is 4.79 Å². The van der Waals surface area contributed by atoms with Gasteiger partial charge in [-0.1, -0.05) is 18.9 Å². The summed E-state index contributed by atoms with van der Waals surface area (Å²) < 4.78 is 0. The minimum Gasteiger partial charge on any atom is -0.370 e. The summed E-state index contributed by atoms with van der Waals surface area (Å²) in [6.45, 7) is 1.04. The number of amides is 1. The lowest BCUT2D eigenvalue weighted by atomic mass is 10.0. The van der Waals surface area contributed by atoms with Gasteiger partial charge in [-0.05, 0) is 61.3 Å². The molecule has 0 unspecified atom stereocenters. The summed E-state index contributed by atoms with van der Waals surface area (Å²) in [4.78, 5) is 16.1. The van der Waals surface area contributed by atoms with Gasteiger partial charge in [-0.25, -0.2) is 0 Å². The number of carbonyl (C=O) groups excluding carboxylic acids is 1. The molecule has 24 heavy (non-hydrogen) atoms. The molecule has 2 aliphatic rings. The van der Waals surface area contributed by atoms with E-state index in [0.29, 0.717) is 31.4 Å². The SMILES string of the molecule is NC(=NCCNC(=O)CC1CCCC1)Nc1ccc2c(c1)CCC2. The number of hydrogen-bond donors (Lipinski definition) is 3. The number of rotatable bonds is 6. The summed E-state index contributed by atoms with van der Waals surface area (Å²) in [5, 5.41) is 6.07. The second-order valence-electron chi connectivity index (χ2n) is 6.93. The molecular weight excluding hydrogens is 300 g/mol. The van der Waals surface area contributed by atoms with Crippen molar-refractivity contribution in [3.05, 3.63) is 29.3 Å². The molecule has 0 aliphatic heterocycles. The van der Waals surface area contributed by atoms with Gasteiger partial charge < -0.3 is 16.4 Å². The normalized spacial score (nSPS) is 17.8. The number of nitrogens with two attached hydrogens (primary N) is 1. The largest absolute Gasteiger partial charge is 0.370 e. The number of aryl methyl sites for hydroxylation is 2. The smallest absolute Gasteiger partial charge is 0.220 e. The number of benzene rings is 1. The Morgan fingerprint density at radius 2 is 1.96 bits per heavy atom. The Hall–Kier alpha value is -2.04. The van der Waals surface area contributed by atoms with Gasteiger partial charge in [-0.2, -0.15) is 0 Å². The number of fused-ring (bicyclic) bond motifs is 1. The van der Waals surface area contributed by atoms with Crippen molar-refractivity contribution >= 4 is 17.6 Å². The fourth-order valence-electron chi connectivity index (χ4n) is 3.76. The molecule has 5 nitrogen and oxygen atoms in total. The van der Waals surface area contributed by atoms with E-state index in [1.165, 1.54) is 49.7 Å². The van der Waals surface area contributed by atoms with Crippen LogP contribution in [-0.2, 0) is 17.6 Å². The third kappa shape index (κ3) is 4.73. The number of aliphatic imine (C=N–C) groups is 1. The highest BCUT2D eigenvalue weighted by atomic mass is 16.1. The fourth-order valence-corrected chi connectivity index (χ4v) is 3.76. The van der Waals surface area contributed by atoms with Crippen molar-refractivity contribution in [2.24, 2.45) is 16.6 Å². The molecule has 0 heterocycles. The number of nitrogens with zero attached hydrogens (tertiary/aromatic N) is 1. The third-order valence-electron chi connectivity index (χ3n) is 5.04. The molecule has 1 amide bonds. The maximum atomic E-state index is 11.8. The first-order valence-electron chi connectivity index (χ1n) is 9.16. The van der Waals surface area contributed by atoms with E-state index in [2.05, 4.69) is 33.8 Å². The molecule has 0 aromatic heterocycles. The van der Waals surface area contributed by atoms with Crippen LogP contribution in [0.15, 0.2) is 23.2 Å². The monoisotopic (exact) mass is 328 g/mol. The first-order valence-corrected chi connectivity index (χ1v) is 9.16. The van der Waals surface area contributed by atoms with E-state index >= 15 is 0 Å². The van der Waals surface area contributed by atoms with Gasteiger partial charge in [0.05, 0.1) is 6.54 Å². The summed E-state index contributed by atoms with van der Waals surface area (Å²) in [5.74, 6) is 1.13. The van der Waals surface area contributed by atoms with Gasteiger partial charge in [0.25, 0.3) is 0 Å². The molecule has 0 spiro atoms. The molecule has 0 radical (unpaired) electrons. The maximum Gasteiger partial charge on any atom is 0.220 e. The molecule has 3 rings (SSSR count). The van der Waals surface area contributed by atoms with Crippen LogP contribution in [0.2, 0.25) is 0 Å². The number of carbonyl (C=O) groups is 1. The lowest BCUT2D eigenvalue weighted by molar-refractivity contribution is -0.121. The lowest BCUT2D eigenvalue weighted by Crippen LogP contribution is -2.29. The van der Waals surface area contributed by atoms with E-state index in [0.717, 1.165) is 12.1 Å². The zero-order valence-electron chi connectivity index (χ0n) is 14.3. The highest BCUT2D eigenvalue weighted by molar-refractivity contribution is 5.92. The van der Waals surface area contributed by atoms with Crippen molar-refractivity contribution in [3.8, 4) is 0 Å². The topological polar surface area (TPSA) is 79.5 Å². The second-order valence-corrected chi connectivity index (χ2v) is 6.93. The highest BCUT2D eigenvalue weighted by Gasteiger charge is 2.17. The molecule has 0 bridgehead atoms. The van der Waals surface area contributed by atoms with Gasteiger partial charge in [0, 0.05) is 18.7 Å². The van der Waals surface area contributed by atoms with Crippen molar-refractivity contribution in [1.29, 1.82) is 0 Å². The van der Waals surface area contributed by atoms with Gasteiger partial charge in [-0.15, -0.1) is 0 Å². The highest BCUT2D eigenvalue weighted by Crippen LogP contribution is 2.27. The first-order chi connectivity index (χ1) is 11.7. The van der Waals surface area contributed by atoms with Gasteiger partial charge in [-0.3, -0.25) is 9.79 Å². The minimum atomic E-state index is 0.141. The van der Waals surface area contributed by atoms with Crippen LogP contribution < -0.4 is 16.4 Å². The molecule has 1 fully saturated rings. The number of hydrogen-bond acceptors (Lipinski definition) is 2. The number of anilines is 1. The lowest BCUT2D eigenvalue weighted by Gasteiger charge is -2.09. The van der Waals surface area contributed by atoms with Crippen LogP contribution >= 0.6 is 0 Å². The van der Waals surface area contributed by atoms with Crippen LogP contribution in [-0.4, -0.2) is 25.0 Å². The second kappa shape index (κ2) is 8.18. The van der Waals surface area contributed by atoms with Crippen molar-refractivity contribution in [2.45, 2.75) is 51.4 Å². The molecule has 0 saturated heterocycles. The zero-order valence-corrected chi connectivity index (χ0v) is 14.3. The van der Waals surface area contributed by atoms with Crippen molar-refractivity contribution < 1.29 is 4.79 Å². The van der Waals surface area contributed by atoms with E-state index in [1.807, 2.05) is 0 Å². The molecule has 1 saturated carbocycles. The van der Waals surface area contributed by atoms with Gasteiger partial charge in [0.1, 0.15) is 0 Å². The average molecular weight is 328 g/mol. The Morgan fingerprint density at radius 3 is 2.79 bits per heavy atom. The Labute approximate surface area is 144 Å². The third-order valence-corrected chi connectivity index (χ3v) is 5.04. The number of nitrogens with one attached hydrogen (secondary N) is 2. The predicted molar refractivity (Wildman–Crippen MR) is 98.2 cm³/mol. The van der Waals surface area contributed by atoms with Gasteiger partial charge >= 0.3 is 0 Å². The minimum absolute atomic E-state index is 0.141. The quantitative estimate of drug-likeness (QED) is 0.427. The van der Waals surface area contributed by atoms with Crippen molar-refractivity contribution in [3.63, 3.8) is 0 Å². The van der Waals surface area contributed by atoms with Crippen LogP contribution in [0.25, 0.3) is 0 Å². The number of guanidine groups is 1. The van der Waals surface area contributed by atoms with Crippen LogP contribution in [0.3, 0.4) is 0 Å². The molecule has 2 aliphatic carbocycles. The predicted octanol–water partition coefficient (Wildman–Crippen LogP) is 2.60. The Morgan fingerprint density at radius 1 is 1.17 bits per heavy atom. The van der Waals surface area contributed by atoms with Crippen molar-refractivity contribution in [2.75, 3.05) is 18.4 Å². The summed E-state index contributed by atoms with van der Waals surface area (Å²) >= 11 is 0. The average Bonchev–Trinajstić information content (AvgIpc) is 3.22. The van der Waals surface area contributed by atoms with Crippen LogP contribution in [0.1, 0.15) is 49.7 Å². The first kappa shape index (κ1) is 16.8. The summed E-state index contributed by atoms with van der Waals surface area (Å²) in [6.07, 6.45) is 9.16. The molecule has 0 atom stereocenters. The molecule has 4 N–H and O–H groups in total. The molecular formula is C19H28N4O. The van der Waals surface area contributed by atoms with E-state index < -0.39 is 0 Å². The van der Waals surface area contributed by atoms with Crippen molar-refractivity contribution in [1.82, 2.24) is 5.32 Å². The van der Waals surface area contributed by atoms with Crippen LogP contribution in [0.5, 0.6) is 0 Å². The standard InChI is InChI=1S/C19H28N4O/c20-19(23-17-9-8-15-6-3-7-16(15)13-17)22-11-10-21-18(24)12-14-4-1-2-5-14/h8-9,13-14H,1-7,10-12H2,(H,21,24)(H3,20,22,23). The van der Waals surface area contributed by atoms with Crippen LogP contribution in [0.4, 0.5) is 5.69 Å². The Balaban J connectivity index is 1.37. The summed E-state index contributed by atoms with van der Waals surface area (Å²) in [6, 6.07) is 6.38. The van der Waals surface area contributed by atoms with Gasteiger partial charge in [0.2, 0.25) is 5.91 Å². The Kier molecular flexibility index (Phi) is 5.72.